The number of benzene rings is 1. The van der Waals surface area contributed by atoms with Crippen LogP contribution in [0.3, 0.4) is 0 Å². The highest BCUT2D eigenvalue weighted by Gasteiger charge is 2.53. The summed E-state index contributed by atoms with van der Waals surface area (Å²) in [6, 6.07) is 8.83. The zero-order valence-electron chi connectivity index (χ0n) is 12.3. The van der Waals surface area contributed by atoms with Crippen LogP contribution in [0.4, 0.5) is 0 Å². The van der Waals surface area contributed by atoms with Gasteiger partial charge in [-0.05, 0) is 50.4 Å². The number of nitrogens with one attached hydrogen (secondary N) is 1. The number of piperidine rings is 1. The number of hydrogen-bond donors (Lipinski definition) is 1. The summed E-state index contributed by atoms with van der Waals surface area (Å²) >= 11 is 3.46. The lowest BCUT2D eigenvalue weighted by Gasteiger charge is -2.34. The molecule has 1 aromatic rings. The van der Waals surface area contributed by atoms with Crippen LogP contribution in [-0.4, -0.2) is 37.0 Å². The molecule has 21 heavy (non-hydrogen) atoms. The van der Waals surface area contributed by atoms with Crippen molar-refractivity contribution >= 4 is 34.2 Å². The van der Waals surface area contributed by atoms with E-state index in [1.54, 1.807) is 0 Å². The summed E-state index contributed by atoms with van der Waals surface area (Å²) in [6.07, 6.45) is 4.14. The summed E-state index contributed by atoms with van der Waals surface area (Å²) < 4.78 is 1.07. The molecule has 0 radical (unpaired) electrons. The molecule has 1 aromatic carbocycles. The molecule has 1 saturated carbocycles. The molecule has 1 aliphatic heterocycles. The topological polar surface area (TPSA) is 32.3 Å². The van der Waals surface area contributed by atoms with Gasteiger partial charge in [0.2, 0.25) is 5.91 Å². The van der Waals surface area contributed by atoms with Gasteiger partial charge in [-0.25, -0.2) is 0 Å². The smallest absolute Gasteiger partial charge is 0.233 e. The molecule has 2 aliphatic rings. The standard InChI is InChI=1S/C16H21BrN2O.ClH/c1-18-14-6-10-19(11-7-14)15(20)16(8-9-16)12-2-4-13(17)5-3-12;/h2-5,14,18H,6-11H2,1H3;1H. The Morgan fingerprint density at radius 1 is 1.24 bits per heavy atom. The van der Waals surface area contributed by atoms with Crippen molar-refractivity contribution in [2.45, 2.75) is 37.1 Å². The van der Waals surface area contributed by atoms with E-state index in [9.17, 15) is 4.79 Å². The fourth-order valence-corrected chi connectivity index (χ4v) is 3.46. The molecule has 1 heterocycles. The monoisotopic (exact) mass is 372 g/mol. The van der Waals surface area contributed by atoms with Gasteiger partial charge in [0.1, 0.15) is 0 Å². The Hall–Kier alpha value is -0.580. The Kier molecular flexibility index (Phi) is 5.33. The number of halogens is 2. The Morgan fingerprint density at radius 2 is 1.81 bits per heavy atom. The molecule has 0 bridgehead atoms. The van der Waals surface area contributed by atoms with Gasteiger partial charge in [-0.2, -0.15) is 0 Å². The summed E-state index contributed by atoms with van der Waals surface area (Å²) in [6.45, 7) is 1.78. The molecule has 116 valence electrons. The van der Waals surface area contributed by atoms with Crippen molar-refractivity contribution in [3.8, 4) is 0 Å². The number of carbonyl (C=O) groups is 1. The maximum Gasteiger partial charge on any atom is 0.233 e. The second kappa shape index (κ2) is 6.67. The van der Waals surface area contributed by atoms with E-state index in [0.29, 0.717) is 11.9 Å². The van der Waals surface area contributed by atoms with Crippen molar-refractivity contribution in [1.82, 2.24) is 10.2 Å². The second-order valence-electron chi connectivity index (χ2n) is 5.94. The Bertz CT molecular complexity index is 494. The molecule has 3 nitrogen and oxygen atoms in total. The number of likely N-dealkylation sites (tertiary alicyclic amines) is 1. The largest absolute Gasteiger partial charge is 0.342 e. The molecule has 1 amide bonds. The van der Waals surface area contributed by atoms with Crippen LogP contribution in [0.1, 0.15) is 31.2 Å². The van der Waals surface area contributed by atoms with Crippen molar-refractivity contribution < 1.29 is 4.79 Å². The molecule has 3 rings (SSSR count). The van der Waals surface area contributed by atoms with Crippen molar-refractivity contribution in [2.24, 2.45) is 0 Å². The van der Waals surface area contributed by atoms with Gasteiger partial charge in [0, 0.05) is 23.6 Å². The third-order valence-corrected chi connectivity index (χ3v) is 5.28. The molecule has 1 aliphatic carbocycles. The maximum absolute atomic E-state index is 12.9. The van der Waals surface area contributed by atoms with E-state index in [4.69, 9.17) is 0 Å². The summed E-state index contributed by atoms with van der Waals surface area (Å²) in [5.74, 6) is 0.342. The summed E-state index contributed by atoms with van der Waals surface area (Å²) in [7, 11) is 2.01. The highest BCUT2D eigenvalue weighted by molar-refractivity contribution is 9.10. The summed E-state index contributed by atoms with van der Waals surface area (Å²) in [5, 5.41) is 3.31. The lowest BCUT2D eigenvalue weighted by molar-refractivity contribution is -0.135. The predicted octanol–water partition coefficient (Wildman–Crippen LogP) is 3.11. The molecular formula is C16H22BrClN2O. The van der Waals surface area contributed by atoms with Crippen LogP contribution < -0.4 is 5.32 Å². The fraction of sp³-hybridized carbons (Fsp3) is 0.562. The third-order valence-electron chi connectivity index (χ3n) is 4.75. The Morgan fingerprint density at radius 3 is 2.29 bits per heavy atom. The minimum atomic E-state index is -0.215. The third kappa shape index (κ3) is 3.27. The number of hydrogen-bond acceptors (Lipinski definition) is 2. The quantitative estimate of drug-likeness (QED) is 0.883. The van der Waals surface area contributed by atoms with Crippen LogP contribution in [0.15, 0.2) is 28.7 Å². The zero-order valence-corrected chi connectivity index (χ0v) is 14.7. The molecule has 0 spiro atoms. The Labute approximate surface area is 141 Å². The normalized spacial score (nSPS) is 20.8. The first-order chi connectivity index (χ1) is 9.65. The van der Waals surface area contributed by atoms with Crippen molar-refractivity contribution in [1.29, 1.82) is 0 Å². The molecule has 0 aromatic heterocycles. The van der Waals surface area contributed by atoms with Gasteiger partial charge in [-0.1, -0.05) is 28.1 Å². The first-order valence-corrected chi connectivity index (χ1v) is 8.18. The van der Waals surface area contributed by atoms with E-state index >= 15 is 0 Å². The van der Waals surface area contributed by atoms with E-state index in [2.05, 4.69) is 38.3 Å². The van der Waals surface area contributed by atoms with Gasteiger partial charge in [-0.15, -0.1) is 12.4 Å². The van der Waals surface area contributed by atoms with E-state index < -0.39 is 0 Å². The van der Waals surface area contributed by atoms with Crippen LogP contribution in [0.25, 0.3) is 0 Å². The van der Waals surface area contributed by atoms with Gasteiger partial charge in [0.15, 0.2) is 0 Å². The SMILES string of the molecule is CNC1CCN(C(=O)C2(c3ccc(Br)cc3)CC2)CC1.Cl. The number of amides is 1. The van der Waals surface area contributed by atoms with Crippen molar-refractivity contribution in [2.75, 3.05) is 20.1 Å². The molecule has 1 saturated heterocycles. The first-order valence-electron chi connectivity index (χ1n) is 7.38. The van der Waals surface area contributed by atoms with Crippen LogP contribution in [0, 0.1) is 0 Å². The molecule has 0 atom stereocenters. The minimum Gasteiger partial charge on any atom is -0.342 e. The van der Waals surface area contributed by atoms with Gasteiger partial charge >= 0.3 is 0 Å². The van der Waals surface area contributed by atoms with Crippen LogP contribution in [0.2, 0.25) is 0 Å². The average Bonchev–Trinajstić information content (AvgIpc) is 3.29. The van der Waals surface area contributed by atoms with Crippen molar-refractivity contribution in [3.05, 3.63) is 34.3 Å². The lowest BCUT2D eigenvalue weighted by Crippen LogP contribution is -2.47. The highest BCUT2D eigenvalue weighted by Crippen LogP contribution is 2.50. The lowest BCUT2D eigenvalue weighted by atomic mass is 9.93. The van der Waals surface area contributed by atoms with Gasteiger partial charge in [0.05, 0.1) is 5.41 Å². The molecular weight excluding hydrogens is 352 g/mol. The fourth-order valence-electron chi connectivity index (χ4n) is 3.19. The maximum atomic E-state index is 12.9. The molecule has 5 heteroatoms. The second-order valence-corrected chi connectivity index (χ2v) is 6.86. The van der Waals surface area contributed by atoms with Crippen LogP contribution in [-0.2, 0) is 10.2 Å². The number of rotatable bonds is 3. The highest BCUT2D eigenvalue weighted by atomic mass is 79.9. The molecule has 0 unspecified atom stereocenters. The van der Waals surface area contributed by atoms with Gasteiger partial charge in [0.25, 0.3) is 0 Å². The number of nitrogens with zero attached hydrogens (tertiary/aromatic N) is 1. The predicted molar refractivity (Wildman–Crippen MR) is 91.0 cm³/mol. The first kappa shape index (κ1) is 16.8. The van der Waals surface area contributed by atoms with Crippen LogP contribution >= 0.6 is 28.3 Å². The van der Waals surface area contributed by atoms with Gasteiger partial charge in [-0.3, -0.25) is 4.79 Å². The van der Waals surface area contributed by atoms with E-state index in [0.717, 1.165) is 43.2 Å². The van der Waals surface area contributed by atoms with E-state index in [1.807, 2.05) is 19.2 Å². The summed E-state index contributed by atoms with van der Waals surface area (Å²) in [4.78, 5) is 14.9. The Balaban J connectivity index is 0.00000161. The molecule has 1 N–H and O–H groups in total. The van der Waals surface area contributed by atoms with E-state index in [1.165, 1.54) is 5.56 Å². The zero-order chi connectivity index (χ0) is 14.2. The van der Waals surface area contributed by atoms with Gasteiger partial charge < -0.3 is 10.2 Å². The van der Waals surface area contributed by atoms with Crippen LogP contribution in [0.5, 0.6) is 0 Å². The molecule has 2 fully saturated rings. The minimum absolute atomic E-state index is 0. The summed E-state index contributed by atoms with van der Waals surface area (Å²) in [5.41, 5.74) is 0.967. The number of carbonyl (C=O) groups excluding carboxylic acids is 1. The van der Waals surface area contributed by atoms with E-state index in [-0.39, 0.29) is 17.8 Å². The van der Waals surface area contributed by atoms with Crippen molar-refractivity contribution in [3.63, 3.8) is 0 Å². The average molecular weight is 374 g/mol.